The fourth-order valence-corrected chi connectivity index (χ4v) is 3.23. The van der Waals surface area contributed by atoms with Gasteiger partial charge in [-0.3, -0.25) is 0 Å². The lowest BCUT2D eigenvalue weighted by molar-refractivity contribution is -0.698. The first-order valence-corrected chi connectivity index (χ1v) is 11.3. The largest absolute Gasteiger partial charge is 0.382 e. The molecule has 3 rings (SSSR count). The maximum absolute atomic E-state index is 5.61. The number of hydrogen-bond acceptors (Lipinski definition) is 3. The minimum atomic E-state index is 0.597. The third-order valence-electron chi connectivity index (χ3n) is 5.31. The number of methoxy groups -OCH3 is 1. The summed E-state index contributed by atoms with van der Waals surface area (Å²) in [6.45, 7) is 3.90. The van der Waals surface area contributed by atoms with Crippen LogP contribution in [0.25, 0.3) is 24.3 Å². The quantitative estimate of drug-likeness (QED) is 0.297. The van der Waals surface area contributed by atoms with Gasteiger partial charge in [-0.05, 0) is 35.4 Å². The van der Waals surface area contributed by atoms with Crippen molar-refractivity contribution in [1.29, 1.82) is 0 Å². The van der Waals surface area contributed by atoms with Crippen LogP contribution in [0.1, 0.15) is 22.5 Å². The van der Waals surface area contributed by atoms with Crippen molar-refractivity contribution in [2.75, 3.05) is 40.1 Å². The summed E-state index contributed by atoms with van der Waals surface area (Å²) in [5.41, 5.74) is 4.67. The maximum Gasteiger partial charge on any atom is 0.171 e. The highest BCUT2D eigenvalue weighted by Gasteiger charge is 2.02. The smallest absolute Gasteiger partial charge is 0.171 e. The van der Waals surface area contributed by atoms with E-state index in [1.54, 1.807) is 7.11 Å². The minimum Gasteiger partial charge on any atom is -0.382 e. The molecule has 3 aromatic rings. The highest BCUT2D eigenvalue weighted by atomic mass is 16.5. The van der Waals surface area contributed by atoms with Crippen LogP contribution in [0.3, 0.4) is 0 Å². The van der Waals surface area contributed by atoms with Gasteiger partial charge in [-0.25, -0.2) is 9.13 Å². The van der Waals surface area contributed by atoms with Gasteiger partial charge >= 0.3 is 0 Å². The Kier molecular flexibility index (Phi) is 10.0. The number of nitrogens with zero attached hydrogens (tertiary/aromatic N) is 3. The lowest BCUT2D eigenvalue weighted by Crippen LogP contribution is -2.35. The number of pyridine rings is 2. The van der Waals surface area contributed by atoms with Gasteiger partial charge in [0.25, 0.3) is 0 Å². The van der Waals surface area contributed by atoms with E-state index in [-0.39, 0.29) is 0 Å². The first-order valence-electron chi connectivity index (χ1n) is 11.3. The van der Waals surface area contributed by atoms with Gasteiger partial charge in [0.1, 0.15) is 13.7 Å². The molecule has 0 aliphatic heterocycles. The van der Waals surface area contributed by atoms with Crippen molar-refractivity contribution in [3.63, 3.8) is 0 Å². The first-order chi connectivity index (χ1) is 16.2. The predicted molar refractivity (Wildman–Crippen MR) is 131 cm³/mol. The van der Waals surface area contributed by atoms with E-state index in [4.69, 9.17) is 14.2 Å². The zero-order valence-corrected chi connectivity index (χ0v) is 19.9. The number of ether oxygens (including phenoxy) is 3. The van der Waals surface area contributed by atoms with Gasteiger partial charge in [0, 0.05) is 49.8 Å². The third-order valence-corrected chi connectivity index (χ3v) is 5.31. The van der Waals surface area contributed by atoms with E-state index in [1.807, 2.05) is 11.6 Å². The lowest BCUT2D eigenvalue weighted by atomic mass is 10.2. The van der Waals surface area contributed by atoms with E-state index in [0.29, 0.717) is 33.0 Å². The maximum atomic E-state index is 5.61. The van der Waals surface area contributed by atoms with Crippen molar-refractivity contribution in [2.24, 2.45) is 14.1 Å². The lowest BCUT2D eigenvalue weighted by Gasteiger charge is -2.04. The van der Waals surface area contributed by atoms with Crippen molar-refractivity contribution < 1.29 is 23.3 Å². The Morgan fingerprint density at radius 2 is 1.21 bits per heavy atom. The molecule has 0 unspecified atom stereocenters. The Bertz CT molecular complexity index is 1020. The van der Waals surface area contributed by atoms with Crippen LogP contribution in [0, 0.1) is 0 Å². The van der Waals surface area contributed by atoms with Crippen LogP contribution in [0.5, 0.6) is 0 Å². The van der Waals surface area contributed by atoms with Crippen molar-refractivity contribution in [2.45, 2.75) is 6.54 Å². The van der Waals surface area contributed by atoms with Gasteiger partial charge < -0.3 is 18.8 Å². The number of aryl methyl sites for hydroxylation is 1. The summed E-state index contributed by atoms with van der Waals surface area (Å²) in [6, 6.07) is 12.7. The molecule has 0 fully saturated rings. The topological polar surface area (TPSA) is 40.4 Å². The Labute approximate surface area is 197 Å². The highest BCUT2D eigenvalue weighted by molar-refractivity contribution is 5.72. The van der Waals surface area contributed by atoms with Crippen LogP contribution >= 0.6 is 0 Å². The van der Waals surface area contributed by atoms with Gasteiger partial charge in [0.15, 0.2) is 31.3 Å². The third kappa shape index (κ3) is 8.42. The molecular formula is C27H35N3O3+2. The van der Waals surface area contributed by atoms with E-state index in [0.717, 1.165) is 23.5 Å². The summed E-state index contributed by atoms with van der Waals surface area (Å²) in [6.07, 6.45) is 16.8. The summed E-state index contributed by atoms with van der Waals surface area (Å²) in [4.78, 5) is 0. The SMILES string of the molecule is COCCOCCOCC[n+]1ccc(/C=C/c2ccc(/C=C/c3cc[n+](C)cc3)n2C)cc1. The molecule has 6 nitrogen and oxygen atoms in total. The first kappa shape index (κ1) is 24.6. The van der Waals surface area contributed by atoms with Crippen LogP contribution in [0.15, 0.2) is 61.2 Å². The van der Waals surface area contributed by atoms with Crippen LogP contribution < -0.4 is 9.13 Å². The molecule has 3 heterocycles. The van der Waals surface area contributed by atoms with Crippen LogP contribution in [-0.4, -0.2) is 44.7 Å². The van der Waals surface area contributed by atoms with Crippen molar-refractivity contribution >= 4 is 24.3 Å². The fraction of sp³-hybridized carbons (Fsp3) is 0.333. The minimum absolute atomic E-state index is 0.597. The van der Waals surface area contributed by atoms with E-state index < -0.39 is 0 Å². The second-order valence-electron chi connectivity index (χ2n) is 7.79. The Morgan fingerprint density at radius 1 is 0.697 bits per heavy atom. The van der Waals surface area contributed by atoms with Crippen LogP contribution in [0.4, 0.5) is 0 Å². The average molecular weight is 450 g/mol. The highest BCUT2D eigenvalue weighted by Crippen LogP contribution is 2.14. The number of rotatable bonds is 13. The molecule has 0 aliphatic carbocycles. The molecule has 33 heavy (non-hydrogen) atoms. The molecule has 0 aromatic carbocycles. The summed E-state index contributed by atoms with van der Waals surface area (Å²) in [5, 5.41) is 0. The Hall–Kier alpha value is -3.06. The number of aromatic nitrogens is 3. The molecule has 0 spiro atoms. The molecule has 0 radical (unpaired) electrons. The van der Waals surface area contributed by atoms with E-state index in [1.165, 1.54) is 5.56 Å². The summed E-state index contributed by atoms with van der Waals surface area (Å²) >= 11 is 0. The van der Waals surface area contributed by atoms with E-state index >= 15 is 0 Å². The zero-order chi connectivity index (χ0) is 23.3. The summed E-state index contributed by atoms with van der Waals surface area (Å²) in [5.74, 6) is 0. The zero-order valence-electron chi connectivity index (χ0n) is 19.9. The van der Waals surface area contributed by atoms with Crippen molar-refractivity contribution in [3.8, 4) is 0 Å². The normalized spacial score (nSPS) is 11.7. The average Bonchev–Trinajstić information content (AvgIpc) is 3.19. The molecule has 0 aliphatic rings. The van der Waals surface area contributed by atoms with Crippen molar-refractivity contribution in [1.82, 2.24) is 4.57 Å². The molecule has 174 valence electrons. The molecule has 0 saturated carbocycles. The van der Waals surface area contributed by atoms with Gasteiger partial charge in [0.2, 0.25) is 0 Å². The molecule has 0 N–H and O–H groups in total. The van der Waals surface area contributed by atoms with Gasteiger partial charge in [0.05, 0.1) is 26.4 Å². The van der Waals surface area contributed by atoms with Gasteiger partial charge in [-0.2, -0.15) is 0 Å². The van der Waals surface area contributed by atoms with E-state index in [2.05, 4.69) is 102 Å². The molecule has 0 saturated heterocycles. The Morgan fingerprint density at radius 3 is 1.79 bits per heavy atom. The second-order valence-corrected chi connectivity index (χ2v) is 7.79. The fourth-order valence-electron chi connectivity index (χ4n) is 3.23. The van der Waals surface area contributed by atoms with Crippen LogP contribution in [-0.2, 0) is 34.9 Å². The van der Waals surface area contributed by atoms with E-state index in [9.17, 15) is 0 Å². The standard InChI is InChI=1S/C27H35N3O3/c1-28-14-10-24(11-15-28)4-6-26-8-9-27(29(26)2)7-5-25-12-16-30(17-13-25)18-19-32-22-23-33-21-20-31-3/h4-17H,18-23H2,1-3H3/q+2. The Balaban J connectivity index is 1.45. The van der Waals surface area contributed by atoms with Gasteiger partial charge in [-0.1, -0.05) is 12.2 Å². The number of hydrogen-bond donors (Lipinski definition) is 0. The van der Waals surface area contributed by atoms with Crippen LogP contribution in [0.2, 0.25) is 0 Å². The summed E-state index contributed by atoms with van der Waals surface area (Å²) in [7, 11) is 5.78. The molecule has 3 aromatic heterocycles. The monoisotopic (exact) mass is 449 g/mol. The predicted octanol–water partition coefficient (Wildman–Crippen LogP) is 3.16. The second kappa shape index (κ2) is 13.5. The molecule has 0 amide bonds. The molecule has 6 heteroatoms. The molecule has 0 atom stereocenters. The van der Waals surface area contributed by atoms with Crippen molar-refractivity contribution in [3.05, 3.63) is 83.7 Å². The molecular weight excluding hydrogens is 414 g/mol. The summed E-state index contributed by atoms with van der Waals surface area (Å²) < 4.78 is 22.3. The van der Waals surface area contributed by atoms with Gasteiger partial charge in [-0.15, -0.1) is 0 Å². The molecule has 0 bridgehead atoms.